The molecule has 0 aliphatic heterocycles. The summed E-state index contributed by atoms with van der Waals surface area (Å²) in [6.07, 6.45) is -2.77. The monoisotopic (exact) mass is 355 g/mol. The van der Waals surface area contributed by atoms with Gasteiger partial charge < -0.3 is 20.3 Å². The van der Waals surface area contributed by atoms with Crippen molar-refractivity contribution in [2.45, 2.75) is 38.6 Å². The summed E-state index contributed by atoms with van der Waals surface area (Å²) in [5.41, 5.74) is -0.600. The fourth-order valence-electron chi connectivity index (χ4n) is 1.87. The summed E-state index contributed by atoms with van der Waals surface area (Å²) in [4.78, 5) is 14.4. The molecule has 1 amide bonds. The molecular formula is C16H21NO4S2. The van der Waals surface area contributed by atoms with Crippen molar-refractivity contribution in [1.29, 1.82) is 0 Å². The Labute approximate surface area is 143 Å². The Morgan fingerprint density at radius 2 is 2.00 bits per heavy atom. The van der Waals surface area contributed by atoms with Crippen LogP contribution in [0.1, 0.15) is 31.8 Å². The number of rotatable bonds is 5. The van der Waals surface area contributed by atoms with Gasteiger partial charge in [-0.3, -0.25) is 0 Å². The van der Waals surface area contributed by atoms with Gasteiger partial charge in [-0.1, -0.05) is 6.07 Å². The highest BCUT2D eigenvalue weighted by atomic mass is 32.1. The molecule has 0 fully saturated rings. The van der Waals surface area contributed by atoms with Crippen molar-refractivity contribution in [3.8, 4) is 9.75 Å². The first-order valence-corrected chi connectivity index (χ1v) is 8.92. The lowest BCUT2D eigenvalue weighted by molar-refractivity contribution is 0.0146. The summed E-state index contributed by atoms with van der Waals surface area (Å²) >= 11 is 3.05. The molecule has 0 bridgehead atoms. The van der Waals surface area contributed by atoms with Crippen molar-refractivity contribution >= 4 is 28.8 Å². The lowest BCUT2D eigenvalue weighted by Gasteiger charge is -2.21. The third-order valence-electron chi connectivity index (χ3n) is 2.90. The van der Waals surface area contributed by atoms with Crippen LogP contribution in [0, 0.1) is 0 Å². The first kappa shape index (κ1) is 17.9. The maximum absolute atomic E-state index is 11.6. The van der Waals surface area contributed by atoms with Crippen LogP contribution in [-0.2, 0) is 4.74 Å². The predicted octanol–water partition coefficient (Wildman–Crippen LogP) is 3.40. The van der Waals surface area contributed by atoms with Crippen molar-refractivity contribution in [3.05, 3.63) is 34.5 Å². The van der Waals surface area contributed by atoms with Crippen molar-refractivity contribution in [2.75, 3.05) is 6.54 Å². The molecule has 0 spiro atoms. The molecule has 2 heterocycles. The van der Waals surface area contributed by atoms with Crippen molar-refractivity contribution < 1.29 is 19.7 Å². The summed E-state index contributed by atoms with van der Waals surface area (Å²) in [5, 5.41) is 24.7. The number of alkyl carbamates (subject to hydrolysis) is 1. The Balaban J connectivity index is 1.90. The van der Waals surface area contributed by atoms with Crippen LogP contribution >= 0.6 is 22.7 Å². The van der Waals surface area contributed by atoms with E-state index >= 15 is 0 Å². The molecule has 2 rings (SSSR count). The van der Waals surface area contributed by atoms with E-state index in [0.717, 1.165) is 9.75 Å². The highest BCUT2D eigenvalue weighted by Crippen LogP contribution is 2.34. The second-order valence-electron chi connectivity index (χ2n) is 6.07. The Hall–Kier alpha value is -1.41. The van der Waals surface area contributed by atoms with Crippen LogP contribution in [0.25, 0.3) is 9.75 Å². The molecular weight excluding hydrogens is 334 g/mol. The van der Waals surface area contributed by atoms with E-state index in [1.165, 1.54) is 11.3 Å². The van der Waals surface area contributed by atoms with Gasteiger partial charge in [-0.25, -0.2) is 4.79 Å². The lowest BCUT2D eigenvalue weighted by Crippen LogP contribution is -2.38. The third-order valence-corrected chi connectivity index (χ3v) is 5.12. The van der Waals surface area contributed by atoms with Crippen LogP contribution in [-0.4, -0.2) is 34.6 Å². The van der Waals surface area contributed by atoms with Gasteiger partial charge in [0.1, 0.15) is 17.8 Å². The smallest absolute Gasteiger partial charge is 0.407 e. The average Bonchev–Trinajstić information content (AvgIpc) is 3.12. The maximum Gasteiger partial charge on any atom is 0.407 e. The standard InChI is InChI=1S/C16H21NO4S2/c1-16(2,3)21-15(20)17-9-10(18)14(19)13-7-6-12(23-13)11-5-4-8-22-11/h4-8,10,14,18-19H,9H2,1-3H3,(H,17,20). The molecule has 2 aromatic heterocycles. The number of thiophene rings is 2. The molecule has 3 N–H and O–H groups in total. The van der Waals surface area contributed by atoms with E-state index in [2.05, 4.69) is 5.32 Å². The fraction of sp³-hybridized carbons (Fsp3) is 0.438. The summed E-state index contributed by atoms with van der Waals surface area (Å²) in [6.45, 7) is 5.20. The highest BCUT2D eigenvalue weighted by molar-refractivity contribution is 7.21. The van der Waals surface area contributed by atoms with Crippen LogP contribution in [0.15, 0.2) is 29.6 Å². The fourth-order valence-corrected chi connectivity index (χ4v) is 3.75. The number of hydrogen-bond donors (Lipinski definition) is 3. The predicted molar refractivity (Wildman–Crippen MR) is 92.8 cm³/mol. The van der Waals surface area contributed by atoms with Gasteiger partial charge in [0.2, 0.25) is 0 Å². The molecule has 126 valence electrons. The summed E-state index contributed by atoms with van der Waals surface area (Å²) < 4.78 is 5.09. The Morgan fingerprint density at radius 3 is 2.61 bits per heavy atom. The summed E-state index contributed by atoms with van der Waals surface area (Å²) in [5.74, 6) is 0. The minimum absolute atomic E-state index is 0.0810. The minimum Gasteiger partial charge on any atom is -0.444 e. The number of amides is 1. The number of hydrogen-bond acceptors (Lipinski definition) is 6. The van der Waals surface area contributed by atoms with Crippen molar-refractivity contribution in [1.82, 2.24) is 5.32 Å². The number of nitrogens with one attached hydrogen (secondary N) is 1. The van der Waals surface area contributed by atoms with Crippen LogP contribution in [0.5, 0.6) is 0 Å². The van der Waals surface area contributed by atoms with Crippen LogP contribution < -0.4 is 5.32 Å². The number of carbonyl (C=O) groups excluding carboxylic acids is 1. The first-order valence-electron chi connectivity index (χ1n) is 7.23. The zero-order valence-corrected chi connectivity index (χ0v) is 14.9. The second kappa shape index (κ2) is 7.44. The van der Waals surface area contributed by atoms with Gasteiger partial charge in [-0.05, 0) is 44.4 Å². The third kappa shape index (κ3) is 5.31. The molecule has 2 atom stereocenters. The summed E-state index contributed by atoms with van der Waals surface area (Å²) in [7, 11) is 0. The van der Waals surface area contributed by atoms with Gasteiger partial charge in [0, 0.05) is 21.2 Å². The second-order valence-corrected chi connectivity index (χ2v) is 8.14. The van der Waals surface area contributed by atoms with E-state index in [-0.39, 0.29) is 6.54 Å². The van der Waals surface area contributed by atoms with Gasteiger partial charge in [-0.2, -0.15) is 0 Å². The van der Waals surface area contributed by atoms with E-state index in [4.69, 9.17) is 4.74 Å². The first-order chi connectivity index (χ1) is 10.8. The molecule has 5 nitrogen and oxygen atoms in total. The molecule has 0 saturated heterocycles. The van der Waals surface area contributed by atoms with Crippen LogP contribution in [0.3, 0.4) is 0 Å². The van der Waals surface area contributed by atoms with Gasteiger partial charge in [-0.15, -0.1) is 22.7 Å². The Kier molecular flexibility index (Phi) is 5.80. The van der Waals surface area contributed by atoms with Gasteiger partial charge in [0.15, 0.2) is 0 Å². The van der Waals surface area contributed by atoms with Crippen LogP contribution in [0.2, 0.25) is 0 Å². The van der Waals surface area contributed by atoms with E-state index in [0.29, 0.717) is 4.88 Å². The van der Waals surface area contributed by atoms with E-state index in [1.54, 1.807) is 38.2 Å². The summed E-state index contributed by atoms with van der Waals surface area (Å²) in [6, 6.07) is 7.69. The number of ether oxygens (including phenoxy) is 1. The quantitative estimate of drug-likeness (QED) is 0.768. The number of aliphatic hydroxyl groups excluding tert-OH is 2. The Bertz CT molecular complexity index is 631. The topological polar surface area (TPSA) is 78.8 Å². The molecule has 2 unspecified atom stereocenters. The highest BCUT2D eigenvalue weighted by Gasteiger charge is 2.23. The molecule has 23 heavy (non-hydrogen) atoms. The largest absolute Gasteiger partial charge is 0.444 e. The molecule has 0 radical (unpaired) electrons. The molecule has 7 heteroatoms. The van der Waals surface area contributed by atoms with Crippen molar-refractivity contribution in [3.63, 3.8) is 0 Å². The van der Waals surface area contributed by atoms with Gasteiger partial charge >= 0.3 is 6.09 Å². The molecule has 0 aliphatic rings. The molecule has 2 aromatic rings. The minimum atomic E-state index is -1.10. The van der Waals surface area contributed by atoms with E-state index in [1.807, 2.05) is 23.6 Å². The average molecular weight is 355 g/mol. The van der Waals surface area contributed by atoms with Crippen LogP contribution in [0.4, 0.5) is 4.79 Å². The number of aliphatic hydroxyl groups is 2. The van der Waals surface area contributed by atoms with Gasteiger partial charge in [0.05, 0.1) is 0 Å². The number of carbonyl (C=O) groups is 1. The van der Waals surface area contributed by atoms with Crippen molar-refractivity contribution in [2.24, 2.45) is 0 Å². The molecule has 0 aliphatic carbocycles. The Morgan fingerprint density at radius 1 is 1.26 bits per heavy atom. The maximum atomic E-state index is 11.6. The molecule has 0 saturated carbocycles. The lowest BCUT2D eigenvalue weighted by atomic mass is 10.1. The zero-order chi connectivity index (χ0) is 17.0. The zero-order valence-electron chi connectivity index (χ0n) is 13.3. The van der Waals surface area contributed by atoms with Gasteiger partial charge in [0.25, 0.3) is 0 Å². The molecule has 0 aromatic carbocycles. The van der Waals surface area contributed by atoms with E-state index < -0.39 is 23.9 Å². The normalized spacial score (nSPS) is 14.3. The SMILES string of the molecule is CC(C)(C)OC(=O)NCC(O)C(O)c1ccc(-c2cccs2)s1. The van der Waals surface area contributed by atoms with E-state index in [9.17, 15) is 15.0 Å².